The van der Waals surface area contributed by atoms with E-state index in [1.54, 1.807) is 12.1 Å². The van der Waals surface area contributed by atoms with Crippen LogP contribution in [0, 0.1) is 29.2 Å². The maximum Gasteiger partial charge on any atom is 0.426 e. The predicted molar refractivity (Wildman–Crippen MR) is 122 cm³/mol. The van der Waals surface area contributed by atoms with Gasteiger partial charge in [-0.3, -0.25) is 0 Å². The third-order valence-electron chi connectivity index (χ3n) is 6.71. The molecule has 0 aliphatic heterocycles. The van der Waals surface area contributed by atoms with Crippen LogP contribution in [0.15, 0.2) is 54.6 Å². The van der Waals surface area contributed by atoms with Crippen molar-refractivity contribution >= 4 is 0 Å². The van der Waals surface area contributed by atoms with Gasteiger partial charge in [-0.15, -0.1) is 0 Å². The van der Waals surface area contributed by atoms with Crippen molar-refractivity contribution in [2.45, 2.75) is 57.5 Å². The molecule has 2 atom stereocenters. The first kappa shape index (κ1) is 25.1. The van der Waals surface area contributed by atoms with Crippen LogP contribution in [0.2, 0.25) is 0 Å². The lowest BCUT2D eigenvalue weighted by molar-refractivity contribution is -0.185. The van der Waals surface area contributed by atoms with Crippen LogP contribution < -0.4 is 4.74 Å². The SMILES string of the molecule is CCCCC1CCC(c2ccc(C(F)(F)Oc3ccc(-c4cc(F)c(F)c(F)c4)c(F)c3)cc2)C1. The van der Waals surface area contributed by atoms with Crippen LogP contribution in [0.25, 0.3) is 11.1 Å². The highest BCUT2D eigenvalue weighted by Gasteiger charge is 2.35. The van der Waals surface area contributed by atoms with Crippen LogP contribution >= 0.6 is 0 Å². The van der Waals surface area contributed by atoms with E-state index in [2.05, 4.69) is 6.92 Å². The number of hydrogen-bond acceptors (Lipinski definition) is 1. The highest BCUT2D eigenvalue weighted by molar-refractivity contribution is 5.65. The number of alkyl halides is 2. The average Bonchev–Trinajstić information content (AvgIpc) is 3.30. The number of hydrogen-bond donors (Lipinski definition) is 0. The fourth-order valence-corrected chi connectivity index (χ4v) is 4.79. The van der Waals surface area contributed by atoms with Crippen molar-refractivity contribution in [3.63, 3.8) is 0 Å². The molecule has 3 aromatic carbocycles. The van der Waals surface area contributed by atoms with Crippen molar-refractivity contribution in [2.75, 3.05) is 0 Å². The summed E-state index contributed by atoms with van der Waals surface area (Å²) in [4.78, 5) is 0. The van der Waals surface area contributed by atoms with Gasteiger partial charge >= 0.3 is 6.11 Å². The maximum absolute atomic E-state index is 14.8. The van der Waals surface area contributed by atoms with Crippen LogP contribution in [0.3, 0.4) is 0 Å². The Balaban J connectivity index is 1.46. The van der Waals surface area contributed by atoms with Gasteiger partial charge in [-0.1, -0.05) is 38.3 Å². The minimum absolute atomic E-state index is 0.267. The monoisotopic (exact) mass is 492 g/mol. The van der Waals surface area contributed by atoms with Crippen molar-refractivity contribution in [1.82, 2.24) is 0 Å². The molecule has 0 bridgehead atoms. The Hall–Kier alpha value is -2.96. The minimum Gasteiger partial charge on any atom is -0.429 e. The molecule has 0 heterocycles. The van der Waals surface area contributed by atoms with Crippen molar-refractivity contribution in [3.8, 4) is 16.9 Å². The van der Waals surface area contributed by atoms with Crippen molar-refractivity contribution in [2.24, 2.45) is 5.92 Å². The molecule has 4 rings (SSSR count). The van der Waals surface area contributed by atoms with Gasteiger partial charge < -0.3 is 4.74 Å². The number of unbranched alkanes of at least 4 members (excludes halogenated alkanes) is 1. The third-order valence-corrected chi connectivity index (χ3v) is 6.71. The molecule has 0 spiro atoms. The standard InChI is InChI=1S/C28H26F6O/c1-2-3-4-17-5-6-19(13-17)18-7-9-21(10-8-18)28(33,34)35-22-11-12-23(24(29)16-22)20-14-25(30)27(32)26(31)15-20/h7-12,14-17,19H,2-6,13H2,1H3. The van der Waals surface area contributed by atoms with Gasteiger partial charge in [0.2, 0.25) is 0 Å². The summed E-state index contributed by atoms with van der Waals surface area (Å²) in [5.74, 6) is -5.10. The Labute approximate surface area is 200 Å². The topological polar surface area (TPSA) is 9.23 Å². The summed E-state index contributed by atoms with van der Waals surface area (Å²) in [7, 11) is 0. The highest BCUT2D eigenvalue weighted by atomic mass is 19.3. The molecule has 3 aromatic rings. The first-order chi connectivity index (χ1) is 16.7. The van der Waals surface area contributed by atoms with Crippen LogP contribution in [0.1, 0.15) is 62.5 Å². The summed E-state index contributed by atoms with van der Waals surface area (Å²) in [6.45, 7) is 2.17. The molecule has 0 aromatic heterocycles. The molecule has 0 amide bonds. The zero-order valence-corrected chi connectivity index (χ0v) is 19.3. The Morgan fingerprint density at radius 1 is 0.857 bits per heavy atom. The van der Waals surface area contributed by atoms with Crippen LogP contribution in [0.4, 0.5) is 26.3 Å². The molecule has 1 nitrogen and oxygen atoms in total. The molecular formula is C28H26F6O. The molecular weight excluding hydrogens is 466 g/mol. The summed E-state index contributed by atoms with van der Waals surface area (Å²) < 4.78 is 89.0. The van der Waals surface area contributed by atoms with Crippen molar-refractivity contribution in [3.05, 3.63) is 89.0 Å². The summed E-state index contributed by atoms with van der Waals surface area (Å²) in [5, 5.41) is 0. The second kappa shape index (κ2) is 10.3. The Bertz CT molecular complexity index is 1150. The lowest BCUT2D eigenvalue weighted by Gasteiger charge is -2.20. The fourth-order valence-electron chi connectivity index (χ4n) is 4.79. The van der Waals surface area contributed by atoms with Gasteiger partial charge in [0.05, 0.1) is 5.56 Å². The first-order valence-electron chi connectivity index (χ1n) is 11.8. The largest absolute Gasteiger partial charge is 0.429 e. The van der Waals surface area contributed by atoms with Gasteiger partial charge in [-0.05, 0) is 78.6 Å². The van der Waals surface area contributed by atoms with E-state index in [1.165, 1.54) is 31.4 Å². The smallest absolute Gasteiger partial charge is 0.426 e. The van der Waals surface area contributed by atoms with E-state index < -0.39 is 35.1 Å². The lowest BCUT2D eigenvalue weighted by Crippen LogP contribution is -2.22. The van der Waals surface area contributed by atoms with E-state index in [0.29, 0.717) is 30.0 Å². The van der Waals surface area contributed by atoms with E-state index in [-0.39, 0.29) is 16.7 Å². The van der Waals surface area contributed by atoms with Gasteiger partial charge in [0.15, 0.2) is 17.5 Å². The second-order valence-corrected chi connectivity index (χ2v) is 9.15. The average molecular weight is 493 g/mol. The number of rotatable bonds is 8. The highest BCUT2D eigenvalue weighted by Crippen LogP contribution is 2.41. The van der Waals surface area contributed by atoms with E-state index in [4.69, 9.17) is 4.74 Å². The van der Waals surface area contributed by atoms with Crippen LogP contribution in [-0.2, 0) is 6.11 Å². The molecule has 1 aliphatic rings. The van der Waals surface area contributed by atoms with Crippen LogP contribution in [0.5, 0.6) is 5.75 Å². The van der Waals surface area contributed by atoms with E-state index in [1.807, 2.05) is 0 Å². The molecule has 0 saturated heterocycles. The molecule has 35 heavy (non-hydrogen) atoms. The fraction of sp³-hybridized carbons (Fsp3) is 0.357. The van der Waals surface area contributed by atoms with Crippen molar-refractivity contribution in [1.29, 1.82) is 0 Å². The molecule has 1 fully saturated rings. The molecule has 1 aliphatic carbocycles. The molecule has 0 N–H and O–H groups in total. The summed E-state index contributed by atoms with van der Waals surface area (Å²) in [5.41, 5.74) is 0.111. The summed E-state index contributed by atoms with van der Waals surface area (Å²) in [6, 6.07) is 10.1. The normalized spacial score (nSPS) is 18.1. The van der Waals surface area contributed by atoms with Gasteiger partial charge in [0.25, 0.3) is 0 Å². The predicted octanol–water partition coefficient (Wildman–Crippen LogP) is 9.11. The van der Waals surface area contributed by atoms with Crippen molar-refractivity contribution < 1.29 is 31.1 Å². The maximum atomic E-state index is 14.8. The van der Waals surface area contributed by atoms with Crippen LogP contribution in [-0.4, -0.2) is 0 Å². The Kier molecular flexibility index (Phi) is 7.43. The third kappa shape index (κ3) is 5.65. The Morgan fingerprint density at radius 3 is 2.17 bits per heavy atom. The zero-order valence-electron chi connectivity index (χ0n) is 19.3. The molecule has 1 saturated carbocycles. The number of benzene rings is 3. The number of halogens is 6. The number of ether oxygens (including phenoxy) is 1. The second-order valence-electron chi connectivity index (χ2n) is 9.15. The van der Waals surface area contributed by atoms with Gasteiger partial charge in [-0.2, -0.15) is 8.78 Å². The van der Waals surface area contributed by atoms with Gasteiger partial charge in [-0.25, -0.2) is 17.6 Å². The molecule has 186 valence electrons. The zero-order chi connectivity index (χ0) is 25.2. The first-order valence-corrected chi connectivity index (χ1v) is 11.8. The quantitative estimate of drug-likeness (QED) is 0.225. The Morgan fingerprint density at radius 2 is 1.54 bits per heavy atom. The van der Waals surface area contributed by atoms with E-state index in [0.717, 1.165) is 37.0 Å². The molecule has 2 unspecified atom stereocenters. The minimum atomic E-state index is -3.72. The molecule has 7 heteroatoms. The van der Waals surface area contributed by atoms with E-state index >= 15 is 0 Å². The van der Waals surface area contributed by atoms with E-state index in [9.17, 15) is 26.3 Å². The summed E-state index contributed by atoms with van der Waals surface area (Å²) in [6.07, 6.45) is 3.13. The summed E-state index contributed by atoms with van der Waals surface area (Å²) >= 11 is 0. The van der Waals surface area contributed by atoms with Gasteiger partial charge in [0, 0.05) is 11.6 Å². The molecule has 0 radical (unpaired) electrons. The van der Waals surface area contributed by atoms with Gasteiger partial charge in [0.1, 0.15) is 11.6 Å². The lowest BCUT2D eigenvalue weighted by atomic mass is 9.94.